The van der Waals surface area contributed by atoms with Crippen molar-refractivity contribution in [1.29, 1.82) is 0 Å². The van der Waals surface area contributed by atoms with Crippen LogP contribution in [0.1, 0.15) is 31.9 Å². The van der Waals surface area contributed by atoms with E-state index in [4.69, 9.17) is 5.73 Å². The van der Waals surface area contributed by atoms with Gasteiger partial charge in [-0.1, -0.05) is 6.07 Å². The molecule has 0 aliphatic rings. The number of nitrogens with one attached hydrogen (secondary N) is 1. The number of nitrogens with zero attached hydrogens (tertiary/aromatic N) is 1. The van der Waals surface area contributed by atoms with Gasteiger partial charge in [-0.25, -0.2) is 0 Å². The zero-order chi connectivity index (χ0) is 13.0. The summed E-state index contributed by atoms with van der Waals surface area (Å²) >= 11 is 0. The lowest BCUT2D eigenvalue weighted by Gasteiger charge is -2.07. The second-order valence-electron chi connectivity index (χ2n) is 4.49. The summed E-state index contributed by atoms with van der Waals surface area (Å²) in [5.41, 5.74) is 15.0. The van der Waals surface area contributed by atoms with Gasteiger partial charge >= 0.3 is 0 Å². The molecule has 0 radical (unpaired) electrons. The van der Waals surface area contributed by atoms with E-state index in [9.17, 15) is 0 Å². The van der Waals surface area contributed by atoms with Gasteiger partial charge in [-0.3, -0.25) is 5.43 Å². The Labute approximate surface area is 103 Å². The second kappa shape index (κ2) is 5.53. The van der Waals surface area contributed by atoms with Crippen molar-refractivity contribution in [2.24, 2.45) is 10.8 Å². The largest absolute Gasteiger partial charge is 0.402 e. The van der Waals surface area contributed by atoms with Crippen molar-refractivity contribution in [3.63, 3.8) is 0 Å². The van der Waals surface area contributed by atoms with Gasteiger partial charge in [0, 0.05) is 5.70 Å². The van der Waals surface area contributed by atoms with E-state index in [1.54, 1.807) is 0 Å². The van der Waals surface area contributed by atoms with Gasteiger partial charge in [-0.2, -0.15) is 5.10 Å². The summed E-state index contributed by atoms with van der Waals surface area (Å²) in [6.45, 7) is 9.94. The molecule has 0 saturated heterocycles. The summed E-state index contributed by atoms with van der Waals surface area (Å²) in [5, 5.41) is 4.33. The third kappa shape index (κ3) is 3.94. The SMILES string of the molecule is CC(=NNc1cc(C)cc(C)c1)C(C)=C(C)N. The number of anilines is 1. The maximum atomic E-state index is 5.73. The highest BCUT2D eigenvalue weighted by atomic mass is 15.3. The Morgan fingerprint density at radius 1 is 1.06 bits per heavy atom. The molecule has 0 atom stereocenters. The Balaban J connectivity index is 2.86. The van der Waals surface area contributed by atoms with Crippen LogP contribution in [0.25, 0.3) is 0 Å². The quantitative estimate of drug-likeness (QED) is 0.619. The van der Waals surface area contributed by atoms with Crippen molar-refractivity contribution in [2.45, 2.75) is 34.6 Å². The molecule has 92 valence electrons. The lowest BCUT2D eigenvalue weighted by molar-refractivity contribution is 1.23. The Morgan fingerprint density at radius 3 is 2.06 bits per heavy atom. The van der Waals surface area contributed by atoms with Gasteiger partial charge in [0.05, 0.1) is 11.4 Å². The maximum absolute atomic E-state index is 5.73. The number of nitrogens with two attached hydrogens (primary N) is 1. The Kier molecular flexibility index (Phi) is 4.32. The number of hydrazone groups is 1. The molecule has 3 nitrogen and oxygen atoms in total. The lowest BCUT2D eigenvalue weighted by Crippen LogP contribution is -2.05. The van der Waals surface area contributed by atoms with E-state index < -0.39 is 0 Å². The van der Waals surface area contributed by atoms with E-state index in [1.165, 1.54) is 11.1 Å². The molecule has 0 amide bonds. The molecule has 0 aromatic heterocycles. The Hall–Kier alpha value is -1.77. The fourth-order valence-electron chi connectivity index (χ4n) is 1.56. The number of rotatable bonds is 3. The van der Waals surface area contributed by atoms with Gasteiger partial charge < -0.3 is 5.73 Å². The molecule has 3 heteroatoms. The van der Waals surface area contributed by atoms with E-state index in [0.29, 0.717) is 0 Å². The highest BCUT2D eigenvalue weighted by molar-refractivity contribution is 5.98. The highest BCUT2D eigenvalue weighted by Crippen LogP contribution is 2.14. The first-order chi connectivity index (χ1) is 7.90. The molecule has 1 rings (SSSR count). The summed E-state index contributed by atoms with van der Waals surface area (Å²) in [7, 11) is 0. The molecule has 3 N–H and O–H groups in total. The first-order valence-electron chi connectivity index (χ1n) is 5.72. The average Bonchev–Trinajstić information content (AvgIpc) is 2.23. The number of benzene rings is 1. The van der Waals surface area contributed by atoms with Crippen LogP contribution in [-0.2, 0) is 0 Å². The molecule has 0 aliphatic heterocycles. The molecule has 0 aliphatic carbocycles. The van der Waals surface area contributed by atoms with Crippen LogP contribution in [0.3, 0.4) is 0 Å². The summed E-state index contributed by atoms with van der Waals surface area (Å²) in [4.78, 5) is 0. The molecule has 1 aromatic carbocycles. The van der Waals surface area contributed by atoms with Crippen molar-refractivity contribution in [1.82, 2.24) is 0 Å². The smallest absolute Gasteiger partial charge is 0.0622 e. The highest BCUT2D eigenvalue weighted by Gasteiger charge is 1.98. The van der Waals surface area contributed by atoms with E-state index in [0.717, 1.165) is 22.7 Å². The first-order valence-corrected chi connectivity index (χ1v) is 5.72. The molecule has 0 bridgehead atoms. The van der Waals surface area contributed by atoms with Gasteiger partial charge in [-0.05, 0) is 63.5 Å². The van der Waals surface area contributed by atoms with E-state index in [-0.39, 0.29) is 0 Å². The van der Waals surface area contributed by atoms with E-state index in [2.05, 4.69) is 42.6 Å². The number of hydrogen-bond acceptors (Lipinski definition) is 3. The minimum absolute atomic E-state index is 0.800. The summed E-state index contributed by atoms with van der Waals surface area (Å²) in [6, 6.07) is 6.27. The van der Waals surface area contributed by atoms with Gasteiger partial charge in [0.1, 0.15) is 0 Å². The molecule has 17 heavy (non-hydrogen) atoms. The molecule has 0 heterocycles. The van der Waals surface area contributed by atoms with Crippen LogP contribution >= 0.6 is 0 Å². The number of aryl methyl sites for hydroxylation is 2. The van der Waals surface area contributed by atoms with Gasteiger partial charge in [0.15, 0.2) is 0 Å². The summed E-state index contributed by atoms with van der Waals surface area (Å²) in [5.74, 6) is 0. The van der Waals surface area contributed by atoms with Crippen molar-refractivity contribution >= 4 is 11.4 Å². The van der Waals surface area contributed by atoms with Crippen LogP contribution < -0.4 is 11.2 Å². The Bertz CT molecular complexity index is 446. The van der Waals surface area contributed by atoms with E-state index in [1.807, 2.05) is 20.8 Å². The molecule has 0 fully saturated rings. The second-order valence-corrected chi connectivity index (χ2v) is 4.49. The lowest BCUT2D eigenvalue weighted by atomic mass is 10.1. The van der Waals surface area contributed by atoms with Crippen molar-refractivity contribution < 1.29 is 0 Å². The van der Waals surface area contributed by atoms with Crippen LogP contribution in [0, 0.1) is 13.8 Å². The van der Waals surface area contributed by atoms with Crippen LogP contribution in [0.5, 0.6) is 0 Å². The number of hydrogen-bond donors (Lipinski definition) is 2. The van der Waals surface area contributed by atoms with E-state index >= 15 is 0 Å². The topological polar surface area (TPSA) is 50.4 Å². The molecule has 0 spiro atoms. The van der Waals surface area contributed by atoms with Crippen LogP contribution in [0.15, 0.2) is 34.6 Å². The summed E-state index contributed by atoms with van der Waals surface area (Å²) in [6.07, 6.45) is 0. The average molecular weight is 231 g/mol. The van der Waals surface area contributed by atoms with Crippen molar-refractivity contribution in [2.75, 3.05) is 5.43 Å². The fourth-order valence-corrected chi connectivity index (χ4v) is 1.56. The van der Waals surface area contributed by atoms with Crippen molar-refractivity contribution in [3.8, 4) is 0 Å². The minimum Gasteiger partial charge on any atom is -0.402 e. The fraction of sp³-hybridized carbons (Fsp3) is 0.357. The maximum Gasteiger partial charge on any atom is 0.0622 e. The standard InChI is InChI=1S/C14H21N3/c1-9-6-10(2)8-14(7-9)17-16-13(5)11(3)12(4)15/h6-8,17H,15H2,1-5H3. The predicted octanol–water partition coefficient (Wildman–Crippen LogP) is 3.34. The Morgan fingerprint density at radius 2 is 1.59 bits per heavy atom. The van der Waals surface area contributed by atoms with Gasteiger partial charge in [0.2, 0.25) is 0 Å². The van der Waals surface area contributed by atoms with Crippen molar-refractivity contribution in [3.05, 3.63) is 40.6 Å². The molecule has 0 unspecified atom stereocenters. The van der Waals surface area contributed by atoms with Crippen LogP contribution in [0.2, 0.25) is 0 Å². The molecular weight excluding hydrogens is 210 g/mol. The van der Waals surface area contributed by atoms with Gasteiger partial charge in [-0.15, -0.1) is 0 Å². The zero-order valence-electron chi connectivity index (χ0n) is 11.3. The molecule has 1 aromatic rings. The first kappa shape index (κ1) is 13.3. The summed E-state index contributed by atoms with van der Waals surface area (Å²) < 4.78 is 0. The third-order valence-corrected chi connectivity index (χ3v) is 2.71. The monoisotopic (exact) mass is 231 g/mol. The third-order valence-electron chi connectivity index (χ3n) is 2.71. The zero-order valence-corrected chi connectivity index (χ0v) is 11.3. The predicted molar refractivity (Wildman–Crippen MR) is 75.2 cm³/mol. The van der Waals surface area contributed by atoms with Gasteiger partial charge in [0.25, 0.3) is 0 Å². The molecule has 0 saturated carbocycles. The normalized spacial score (nSPS) is 13.4. The molecular formula is C14H21N3. The van der Waals surface area contributed by atoms with Crippen LogP contribution in [-0.4, -0.2) is 5.71 Å². The van der Waals surface area contributed by atoms with Crippen LogP contribution in [0.4, 0.5) is 5.69 Å². The minimum atomic E-state index is 0.800. The number of allylic oxidation sites excluding steroid dienone is 2.